The predicted octanol–water partition coefficient (Wildman–Crippen LogP) is 4.35. The average Bonchev–Trinajstić information content (AvgIpc) is 2.99. The van der Waals surface area contributed by atoms with Gasteiger partial charge in [0.05, 0.1) is 16.0 Å². The molecule has 1 heterocycles. The third-order valence-corrected chi connectivity index (χ3v) is 5.43. The van der Waals surface area contributed by atoms with Gasteiger partial charge in [0, 0.05) is 5.69 Å². The van der Waals surface area contributed by atoms with Gasteiger partial charge in [-0.25, -0.2) is 0 Å². The molecule has 0 saturated carbocycles. The van der Waals surface area contributed by atoms with Gasteiger partial charge in [-0.15, -0.1) is 0 Å². The topological polar surface area (TPSA) is 76.7 Å². The summed E-state index contributed by atoms with van der Waals surface area (Å²) in [7, 11) is 0. The highest BCUT2D eigenvalue weighted by molar-refractivity contribution is 9.10. The van der Waals surface area contributed by atoms with Crippen molar-refractivity contribution in [3.8, 4) is 11.5 Å². The van der Waals surface area contributed by atoms with Crippen molar-refractivity contribution in [1.29, 1.82) is 0 Å². The lowest BCUT2D eigenvalue weighted by Crippen LogP contribution is -2.20. The number of carbonyl (C=O) groups excluding carboxylic acids is 2. The van der Waals surface area contributed by atoms with Gasteiger partial charge in [0.2, 0.25) is 0 Å². The Morgan fingerprint density at radius 2 is 2.03 bits per heavy atom. The van der Waals surface area contributed by atoms with Crippen molar-refractivity contribution < 1.29 is 19.1 Å². The zero-order valence-electron chi connectivity index (χ0n) is 15.4. The van der Waals surface area contributed by atoms with Gasteiger partial charge in [-0.2, -0.15) is 0 Å². The first-order valence-electron chi connectivity index (χ1n) is 8.65. The van der Waals surface area contributed by atoms with E-state index in [4.69, 9.17) is 21.7 Å². The quantitative estimate of drug-likeness (QED) is 0.441. The molecule has 0 radical (unpaired) electrons. The number of hydrogen-bond donors (Lipinski definition) is 2. The third-order valence-electron chi connectivity index (χ3n) is 3.68. The normalized spacial score (nSPS) is 14.6. The fraction of sp³-hybridized carbons (Fsp3) is 0.150. The minimum Gasteiger partial charge on any atom is -0.490 e. The minimum absolute atomic E-state index is 0.180. The van der Waals surface area contributed by atoms with Crippen LogP contribution in [0.3, 0.4) is 0 Å². The predicted molar refractivity (Wildman–Crippen MR) is 122 cm³/mol. The van der Waals surface area contributed by atoms with Crippen molar-refractivity contribution in [2.75, 3.05) is 18.5 Å². The van der Waals surface area contributed by atoms with Gasteiger partial charge < -0.3 is 20.1 Å². The smallest absolute Gasteiger partial charge is 0.263 e. The van der Waals surface area contributed by atoms with Crippen molar-refractivity contribution in [2.24, 2.45) is 0 Å². The SMILES string of the molecule is CCOc1cc(C=C2SC(=S)NC2=O)cc(Br)c1OCC(=O)Nc1ccccc1. The molecule has 0 bridgehead atoms. The number of ether oxygens (including phenoxy) is 2. The molecule has 3 rings (SSSR count). The van der Waals surface area contributed by atoms with E-state index in [1.54, 1.807) is 30.3 Å². The van der Waals surface area contributed by atoms with Crippen molar-refractivity contribution in [2.45, 2.75) is 6.92 Å². The van der Waals surface area contributed by atoms with Crippen molar-refractivity contribution in [3.63, 3.8) is 0 Å². The molecular weight excluding hydrogens is 476 g/mol. The molecule has 1 aliphatic rings. The van der Waals surface area contributed by atoms with Crippen LogP contribution in [0, 0.1) is 0 Å². The third kappa shape index (κ3) is 5.81. The maximum absolute atomic E-state index is 12.2. The number of hydrogen-bond acceptors (Lipinski definition) is 6. The first kappa shape index (κ1) is 21.4. The van der Waals surface area contributed by atoms with Crippen LogP contribution in [-0.2, 0) is 9.59 Å². The molecule has 1 aliphatic heterocycles. The number of amides is 2. The standard InChI is InChI=1S/C20H17BrN2O4S2/c1-2-26-15-9-12(10-16-19(25)23-20(28)29-16)8-14(21)18(15)27-11-17(24)22-13-6-4-3-5-7-13/h3-10H,2,11H2,1H3,(H,22,24)(H,23,25,28). The van der Waals surface area contributed by atoms with E-state index >= 15 is 0 Å². The van der Waals surface area contributed by atoms with Gasteiger partial charge in [0.1, 0.15) is 4.32 Å². The second kappa shape index (κ2) is 9.91. The Morgan fingerprint density at radius 1 is 1.28 bits per heavy atom. The summed E-state index contributed by atoms with van der Waals surface area (Å²) in [5.74, 6) is 0.361. The highest BCUT2D eigenvalue weighted by Gasteiger charge is 2.22. The summed E-state index contributed by atoms with van der Waals surface area (Å²) >= 11 is 9.67. The molecule has 2 aromatic rings. The zero-order chi connectivity index (χ0) is 20.8. The van der Waals surface area contributed by atoms with E-state index in [2.05, 4.69) is 26.6 Å². The molecule has 0 unspecified atom stereocenters. The van der Waals surface area contributed by atoms with E-state index in [-0.39, 0.29) is 18.4 Å². The Hall–Kier alpha value is -2.36. The Morgan fingerprint density at radius 3 is 2.69 bits per heavy atom. The Labute approximate surface area is 186 Å². The molecule has 0 spiro atoms. The largest absolute Gasteiger partial charge is 0.490 e. The highest BCUT2D eigenvalue weighted by atomic mass is 79.9. The van der Waals surface area contributed by atoms with Gasteiger partial charge in [-0.1, -0.05) is 42.2 Å². The first-order chi connectivity index (χ1) is 14.0. The molecule has 6 nitrogen and oxygen atoms in total. The lowest BCUT2D eigenvalue weighted by Gasteiger charge is -2.15. The summed E-state index contributed by atoms with van der Waals surface area (Å²) in [5.41, 5.74) is 1.43. The molecule has 2 aromatic carbocycles. The number of anilines is 1. The number of rotatable bonds is 7. The van der Waals surface area contributed by atoms with Crippen LogP contribution in [-0.4, -0.2) is 29.3 Å². The summed E-state index contributed by atoms with van der Waals surface area (Å²) in [5, 5.41) is 5.34. The summed E-state index contributed by atoms with van der Waals surface area (Å²) in [4.78, 5) is 24.5. The molecule has 2 amide bonds. The average molecular weight is 493 g/mol. The molecule has 0 atom stereocenters. The van der Waals surface area contributed by atoms with Crippen LogP contribution in [0.4, 0.5) is 5.69 Å². The molecule has 1 saturated heterocycles. The van der Waals surface area contributed by atoms with Crippen molar-refractivity contribution >= 4 is 67.8 Å². The van der Waals surface area contributed by atoms with Gasteiger partial charge in [0.25, 0.3) is 11.8 Å². The lowest BCUT2D eigenvalue weighted by atomic mass is 10.2. The minimum atomic E-state index is -0.288. The summed E-state index contributed by atoms with van der Waals surface area (Å²) < 4.78 is 12.4. The molecule has 29 heavy (non-hydrogen) atoms. The Kier molecular flexibility index (Phi) is 7.29. The number of benzene rings is 2. The maximum atomic E-state index is 12.2. The van der Waals surface area contributed by atoms with Crippen LogP contribution >= 0.6 is 39.9 Å². The van der Waals surface area contributed by atoms with E-state index < -0.39 is 0 Å². The Bertz CT molecular complexity index is 980. The van der Waals surface area contributed by atoms with E-state index in [1.165, 1.54) is 11.8 Å². The van der Waals surface area contributed by atoms with Crippen LogP contribution in [0.5, 0.6) is 11.5 Å². The summed E-state index contributed by atoms with van der Waals surface area (Å²) in [6.45, 7) is 2.09. The summed E-state index contributed by atoms with van der Waals surface area (Å²) in [6.07, 6.45) is 1.72. The van der Waals surface area contributed by atoms with E-state index in [9.17, 15) is 9.59 Å². The molecule has 0 aliphatic carbocycles. The molecule has 150 valence electrons. The number of thioether (sulfide) groups is 1. The molecule has 9 heteroatoms. The second-order valence-corrected chi connectivity index (χ2v) is 8.39. The lowest BCUT2D eigenvalue weighted by molar-refractivity contribution is -0.118. The van der Waals surface area contributed by atoms with Crippen LogP contribution in [0.15, 0.2) is 51.8 Å². The fourth-order valence-electron chi connectivity index (χ4n) is 2.50. The fourth-order valence-corrected chi connectivity index (χ4v) is 4.12. The van der Waals surface area contributed by atoms with Crippen LogP contribution in [0.1, 0.15) is 12.5 Å². The highest BCUT2D eigenvalue weighted by Crippen LogP contribution is 2.38. The van der Waals surface area contributed by atoms with Crippen molar-refractivity contribution in [1.82, 2.24) is 5.32 Å². The zero-order valence-corrected chi connectivity index (χ0v) is 18.6. The second-order valence-electron chi connectivity index (χ2n) is 5.82. The number of para-hydroxylation sites is 1. The van der Waals surface area contributed by atoms with Crippen LogP contribution in [0.2, 0.25) is 0 Å². The summed E-state index contributed by atoms with van der Waals surface area (Å²) in [6, 6.07) is 12.7. The Balaban J connectivity index is 1.76. The monoisotopic (exact) mass is 492 g/mol. The molecular formula is C20H17BrN2O4S2. The maximum Gasteiger partial charge on any atom is 0.263 e. The van der Waals surface area contributed by atoms with E-state index in [1.807, 2.05) is 25.1 Å². The number of halogens is 1. The van der Waals surface area contributed by atoms with Crippen molar-refractivity contribution in [3.05, 3.63) is 57.4 Å². The number of carbonyl (C=O) groups is 2. The van der Waals surface area contributed by atoms with Gasteiger partial charge in [-0.05, 0) is 58.8 Å². The number of nitrogens with one attached hydrogen (secondary N) is 2. The first-order valence-corrected chi connectivity index (χ1v) is 10.7. The number of thiocarbonyl (C=S) groups is 1. The molecule has 0 aromatic heterocycles. The molecule has 2 N–H and O–H groups in total. The van der Waals surface area contributed by atoms with Gasteiger partial charge in [0.15, 0.2) is 18.1 Å². The molecule has 1 fully saturated rings. The van der Waals surface area contributed by atoms with Crippen LogP contribution < -0.4 is 20.1 Å². The van der Waals surface area contributed by atoms with E-state index in [0.29, 0.717) is 37.5 Å². The van der Waals surface area contributed by atoms with Crippen LogP contribution in [0.25, 0.3) is 6.08 Å². The van der Waals surface area contributed by atoms with E-state index in [0.717, 1.165) is 5.56 Å². The van der Waals surface area contributed by atoms with Gasteiger partial charge >= 0.3 is 0 Å². The van der Waals surface area contributed by atoms with Gasteiger partial charge in [-0.3, -0.25) is 9.59 Å².